The van der Waals surface area contributed by atoms with E-state index in [2.05, 4.69) is 27.6 Å². The van der Waals surface area contributed by atoms with Gasteiger partial charge in [0.2, 0.25) is 0 Å². The van der Waals surface area contributed by atoms with Gasteiger partial charge in [-0.2, -0.15) is 0 Å². The first kappa shape index (κ1) is 13.7. The van der Waals surface area contributed by atoms with Crippen molar-refractivity contribution in [3.05, 3.63) is 18.1 Å². The van der Waals surface area contributed by atoms with Crippen molar-refractivity contribution in [3.8, 4) is 0 Å². The Morgan fingerprint density at radius 2 is 2.16 bits per heavy atom. The van der Waals surface area contributed by atoms with Crippen LogP contribution in [0, 0.1) is 5.92 Å². The van der Waals surface area contributed by atoms with Gasteiger partial charge < -0.3 is 10.7 Å². The van der Waals surface area contributed by atoms with E-state index in [0.717, 1.165) is 12.8 Å². The summed E-state index contributed by atoms with van der Waals surface area (Å²) in [6.07, 6.45) is 8.70. The van der Waals surface area contributed by atoms with Gasteiger partial charge in [0.05, 0.1) is 12.4 Å². The molecule has 1 amide bonds. The quantitative estimate of drug-likeness (QED) is 0.565. The van der Waals surface area contributed by atoms with Crippen LogP contribution in [0.15, 0.2) is 12.4 Å². The van der Waals surface area contributed by atoms with Gasteiger partial charge in [0.1, 0.15) is 5.69 Å². The Bertz CT molecular complexity index is 420. The fourth-order valence-electron chi connectivity index (χ4n) is 2.65. The van der Waals surface area contributed by atoms with Crippen LogP contribution in [0.5, 0.6) is 0 Å². The number of amides is 1. The van der Waals surface area contributed by atoms with Gasteiger partial charge in [-0.3, -0.25) is 4.79 Å². The zero-order chi connectivity index (χ0) is 13.7. The van der Waals surface area contributed by atoms with E-state index in [1.165, 1.54) is 31.7 Å². The monoisotopic (exact) mass is 263 g/mol. The molecule has 2 rings (SSSR count). The number of hydrogen-bond acceptors (Lipinski definition) is 5. The number of anilines is 1. The van der Waals surface area contributed by atoms with Crippen molar-refractivity contribution in [2.75, 3.05) is 5.43 Å². The third kappa shape index (κ3) is 3.41. The molecule has 2 unspecified atom stereocenters. The highest BCUT2D eigenvalue weighted by Gasteiger charge is 2.25. The van der Waals surface area contributed by atoms with Crippen LogP contribution >= 0.6 is 0 Å². The summed E-state index contributed by atoms with van der Waals surface area (Å²) in [6.45, 7) is 2.18. The van der Waals surface area contributed by atoms with Crippen LogP contribution in [0.2, 0.25) is 0 Å². The van der Waals surface area contributed by atoms with Gasteiger partial charge >= 0.3 is 0 Å². The van der Waals surface area contributed by atoms with Gasteiger partial charge in [0.15, 0.2) is 5.82 Å². The fraction of sp³-hybridized carbons (Fsp3) is 0.615. The summed E-state index contributed by atoms with van der Waals surface area (Å²) in [5.74, 6) is 6.08. The summed E-state index contributed by atoms with van der Waals surface area (Å²) < 4.78 is 0. The number of aromatic nitrogens is 2. The molecule has 0 aromatic carbocycles. The second kappa shape index (κ2) is 6.47. The first-order valence-electron chi connectivity index (χ1n) is 6.84. The van der Waals surface area contributed by atoms with Crippen LogP contribution in [-0.4, -0.2) is 21.9 Å². The average Bonchev–Trinajstić information content (AvgIpc) is 2.48. The minimum absolute atomic E-state index is 0.151. The van der Waals surface area contributed by atoms with Crippen molar-refractivity contribution < 1.29 is 4.79 Å². The van der Waals surface area contributed by atoms with E-state index in [1.807, 2.05) is 0 Å². The molecule has 1 aromatic rings. The topological polar surface area (TPSA) is 92.9 Å². The first-order chi connectivity index (χ1) is 9.24. The molecule has 1 saturated carbocycles. The van der Waals surface area contributed by atoms with Crippen molar-refractivity contribution in [2.24, 2.45) is 11.8 Å². The van der Waals surface area contributed by atoms with Crippen molar-refractivity contribution in [2.45, 2.75) is 45.1 Å². The van der Waals surface area contributed by atoms with Crippen LogP contribution in [0.3, 0.4) is 0 Å². The average molecular weight is 263 g/mol. The summed E-state index contributed by atoms with van der Waals surface area (Å²) in [6, 6.07) is 0.264. The molecule has 0 radical (unpaired) electrons. The molecule has 0 spiro atoms. The standard InChI is InChI=1S/C13H21N5O/c1-2-9-5-3-4-6-10(9)17-13(19)11-7-16-12(18-14)8-15-11/h7-10H,2-6,14H2,1H3,(H,16,18)(H,17,19). The smallest absolute Gasteiger partial charge is 0.271 e. The Morgan fingerprint density at radius 1 is 1.37 bits per heavy atom. The van der Waals surface area contributed by atoms with Crippen molar-refractivity contribution in [1.82, 2.24) is 15.3 Å². The third-order valence-electron chi connectivity index (χ3n) is 3.78. The van der Waals surface area contributed by atoms with E-state index in [-0.39, 0.29) is 11.9 Å². The molecule has 1 heterocycles. The summed E-state index contributed by atoms with van der Waals surface area (Å²) in [5, 5.41) is 3.08. The fourth-order valence-corrected chi connectivity index (χ4v) is 2.65. The second-order valence-corrected chi connectivity index (χ2v) is 4.96. The molecule has 6 nitrogen and oxygen atoms in total. The van der Waals surface area contributed by atoms with Gasteiger partial charge in [-0.05, 0) is 18.8 Å². The van der Waals surface area contributed by atoms with Gasteiger partial charge in [-0.1, -0.05) is 26.2 Å². The van der Waals surface area contributed by atoms with Gasteiger partial charge in [0.25, 0.3) is 5.91 Å². The van der Waals surface area contributed by atoms with E-state index >= 15 is 0 Å². The minimum Gasteiger partial charge on any atom is -0.348 e. The lowest BCUT2D eigenvalue weighted by Crippen LogP contribution is -2.42. The molecule has 1 aliphatic carbocycles. The number of rotatable bonds is 4. The van der Waals surface area contributed by atoms with Crippen LogP contribution in [0.1, 0.15) is 49.5 Å². The predicted octanol–water partition coefficient (Wildman–Crippen LogP) is 1.46. The Morgan fingerprint density at radius 3 is 2.79 bits per heavy atom. The number of hydrogen-bond donors (Lipinski definition) is 3. The normalized spacial score (nSPS) is 22.8. The highest BCUT2D eigenvalue weighted by molar-refractivity contribution is 5.92. The Balaban J connectivity index is 1.98. The zero-order valence-corrected chi connectivity index (χ0v) is 11.2. The highest BCUT2D eigenvalue weighted by Crippen LogP contribution is 2.26. The Hall–Kier alpha value is -1.69. The highest BCUT2D eigenvalue weighted by atomic mass is 16.1. The van der Waals surface area contributed by atoms with E-state index in [0.29, 0.717) is 17.4 Å². The SMILES string of the molecule is CCC1CCCCC1NC(=O)c1cnc(NN)cn1. The number of nitrogen functional groups attached to an aromatic ring is 1. The number of nitrogens with zero attached hydrogens (tertiary/aromatic N) is 2. The predicted molar refractivity (Wildman–Crippen MR) is 73.3 cm³/mol. The van der Waals surface area contributed by atoms with Crippen LogP contribution in [0.4, 0.5) is 5.82 Å². The van der Waals surface area contributed by atoms with Crippen molar-refractivity contribution >= 4 is 11.7 Å². The molecule has 4 N–H and O–H groups in total. The largest absolute Gasteiger partial charge is 0.348 e. The Kier molecular flexibility index (Phi) is 4.68. The lowest BCUT2D eigenvalue weighted by molar-refractivity contribution is 0.0899. The maximum Gasteiger partial charge on any atom is 0.271 e. The lowest BCUT2D eigenvalue weighted by Gasteiger charge is -2.31. The van der Waals surface area contributed by atoms with Crippen molar-refractivity contribution in [3.63, 3.8) is 0 Å². The summed E-state index contributed by atoms with van der Waals surface area (Å²) >= 11 is 0. The van der Waals surface area contributed by atoms with E-state index < -0.39 is 0 Å². The molecule has 0 aliphatic heterocycles. The molecular weight excluding hydrogens is 242 g/mol. The maximum atomic E-state index is 12.1. The molecule has 19 heavy (non-hydrogen) atoms. The number of hydrazine groups is 1. The molecule has 0 saturated heterocycles. The first-order valence-corrected chi connectivity index (χ1v) is 6.84. The van der Waals surface area contributed by atoms with Gasteiger partial charge in [0, 0.05) is 6.04 Å². The molecule has 1 aromatic heterocycles. The van der Waals surface area contributed by atoms with Crippen molar-refractivity contribution in [1.29, 1.82) is 0 Å². The van der Waals surface area contributed by atoms with E-state index in [9.17, 15) is 4.79 Å². The van der Waals surface area contributed by atoms with Crippen LogP contribution < -0.4 is 16.6 Å². The molecule has 1 fully saturated rings. The van der Waals surface area contributed by atoms with Crippen LogP contribution in [-0.2, 0) is 0 Å². The summed E-state index contributed by atoms with van der Waals surface area (Å²) in [5.41, 5.74) is 2.72. The molecule has 104 valence electrons. The van der Waals surface area contributed by atoms with Gasteiger partial charge in [-0.15, -0.1) is 0 Å². The lowest BCUT2D eigenvalue weighted by atomic mass is 9.83. The molecule has 6 heteroatoms. The molecular formula is C13H21N5O. The third-order valence-corrected chi connectivity index (χ3v) is 3.78. The minimum atomic E-state index is -0.151. The van der Waals surface area contributed by atoms with Gasteiger partial charge in [-0.25, -0.2) is 15.8 Å². The number of carbonyl (C=O) groups excluding carboxylic acids is 1. The number of carbonyl (C=O) groups is 1. The molecule has 1 aliphatic rings. The van der Waals surface area contributed by atoms with E-state index in [1.54, 1.807) is 0 Å². The summed E-state index contributed by atoms with van der Waals surface area (Å²) in [7, 11) is 0. The van der Waals surface area contributed by atoms with E-state index in [4.69, 9.17) is 5.84 Å². The maximum absolute atomic E-state index is 12.1. The number of nitrogens with one attached hydrogen (secondary N) is 2. The zero-order valence-electron chi connectivity index (χ0n) is 11.2. The Labute approximate surface area is 113 Å². The molecule has 0 bridgehead atoms. The van der Waals surface area contributed by atoms with Crippen LogP contribution in [0.25, 0.3) is 0 Å². The second-order valence-electron chi connectivity index (χ2n) is 4.96. The summed E-state index contributed by atoms with van der Waals surface area (Å²) in [4.78, 5) is 20.1. The number of nitrogens with two attached hydrogens (primary N) is 1. The molecule has 2 atom stereocenters.